The molecule has 0 fully saturated rings. The first-order valence-corrected chi connectivity index (χ1v) is 6.98. The largest absolute Gasteiger partial charge is 0.324 e. The van der Waals surface area contributed by atoms with Crippen LogP contribution in [0.1, 0.15) is 48.9 Å². The van der Waals surface area contributed by atoms with E-state index in [4.69, 9.17) is 5.73 Å². The minimum Gasteiger partial charge on any atom is -0.324 e. The lowest BCUT2D eigenvalue weighted by atomic mass is 9.90. The molecule has 0 aromatic heterocycles. The maximum atomic E-state index is 6.35. The van der Waals surface area contributed by atoms with Crippen molar-refractivity contribution in [3.05, 3.63) is 71.3 Å². The molecule has 0 aliphatic carbocycles. The standard InChI is InChI=1S/C18H22N/c1-14(2)16-10-6-7-11-17(16)18(19)13-12-15-8-4-3-5-9-15/h3-10,14,18H,12-13,19H2,1-2H3/t18-/m1/s1. The molecule has 19 heavy (non-hydrogen) atoms. The first-order valence-electron chi connectivity index (χ1n) is 6.98. The second-order valence-corrected chi connectivity index (χ2v) is 5.32. The fraction of sp³-hybridized carbons (Fsp3) is 0.333. The minimum absolute atomic E-state index is 0.0683. The van der Waals surface area contributed by atoms with Gasteiger partial charge in [0, 0.05) is 6.04 Å². The SMILES string of the molecule is CC(C)c1ccc[c]c1[C@H](N)CCc1ccccc1. The van der Waals surface area contributed by atoms with Crippen molar-refractivity contribution in [2.45, 2.75) is 38.6 Å². The third kappa shape index (κ3) is 3.68. The summed E-state index contributed by atoms with van der Waals surface area (Å²) in [6.07, 6.45) is 1.98. The highest BCUT2D eigenvalue weighted by Crippen LogP contribution is 2.25. The van der Waals surface area contributed by atoms with Crippen LogP contribution in [0.15, 0.2) is 48.5 Å². The van der Waals surface area contributed by atoms with Crippen molar-refractivity contribution in [1.29, 1.82) is 0 Å². The molecular formula is C18H22N. The van der Waals surface area contributed by atoms with Crippen LogP contribution < -0.4 is 5.73 Å². The first kappa shape index (κ1) is 13.8. The third-order valence-corrected chi connectivity index (χ3v) is 3.50. The van der Waals surface area contributed by atoms with Crippen molar-refractivity contribution >= 4 is 0 Å². The summed E-state index contributed by atoms with van der Waals surface area (Å²) in [5, 5.41) is 0. The molecule has 1 heteroatoms. The lowest BCUT2D eigenvalue weighted by Crippen LogP contribution is -2.14. The monoisotopic (exact) mass is 252 g/mol. The predicted octanol–water partition coefficient (Wildman–Crippen LogP) is 4.24. The Hall–Kier alpha value is -1.60. The molecule has 2 N–H and O–H groups in total. The van der Waals surface area contributed by atoms with Gasteiger partial charge in [0.2, 0.25) is 0 Å². The Balaban J connectivity index is 2.06. The quantitative estimate of drug-likeness (QED) is 0.846. The average Bonchev–Trinajstić information content (AvgIpc) is 2.46. The van der Waals surface area contributed by atoms with E-state index in [9.17, 15) is 0 Å². The molecule has 0 saturated heterocycles. The van der Waals surface area contributed by atoms with Crippen molar-refractivity contribution in [3.63, 3.8) is 0 Å². The van der Waals surface area contributed by atoms with Crippen LogP contribution in [0, 0.1) is 6.07 Å². The van der Waals surface area contributed by atoms with Gasteiger partial charge in [0.25, 0.3) is 0 Å². The summed E-state index contributed by atoms with van der Waals surface area (Å²) < 4.78 is 0. The Morgan fingerprint density at radius 3 is 2.47 bits per heavy atom. The smallest absolute Gasteiger partial charge is 0.0307 e. The summed E-state index contributed by atoms with van der Waals surface area (Å²) in [5.74, 6) is 0.496. The predicted molar refractivity (Wildman–Crippen MR) is 81.1 cm³/mol. The molecule has 0 saturated carbocycles. The summed E-state index contributed by atoms with van der Waals surface area (Å²) in [7, 11) is 0. The number of aryl methyl sites for hydroxylation is 1. The zero-order valence-corrected chi connectivity index (χ0v) is 11.8. The van der Waals surface area contributed by atoms with Crippen molar-refractivity contribution in [3.8, 4) is 0 Å². The van der Waals surface area contributed by atoms with Crippen LogP contribution in [-0.2, 0) is 6.42 Å². The van der Waals surface area contributed by atoms with E-state index in [-0.39, 0.29) is 6.04 Å². The van der Waals surface area contributed by atoms with Gasteiger partial charge in [-0.1, -0.05) is 62.4 Å². The molecule has 1 atom stereocenters. The Bertz CT molecular complexity index is 502. The van der Waals surface area contributed by atoms with Crippen molar-refractivity contribution in [2.75, 3.05) is 0 Å². The summed E-state index contributed by atoms with van der Waals surface area (Å²) in [4.78, 5) is 0. The van der Waals surface area contributed by atoms with Crippen LogP contribution in [0.4, 0.5) is 0 Å². The van der Waals surface area contributed by atoms with E-state index < -0.39 is 0 Å². The van der Waals surface area contributed by atoms with E-state index in [2.05, 4.69) is 50.2 Å². The molecule has 0 unspecified atom stereocenters. The highest BCUT2D eigenvalue weighted by Gasteiger charge is 2.13. The normalized spacial score (nSPS) is 12.6. The van der Waals surface area contributed by atoms with Gasteiger partial charge in [-0.3, -0.25) is 0 Å². The number of nitrogens with two attached hydrogens (primary N) is 1. The Morgan fingerprint density at radius 1 is 1.05 bits per heavy atom. The third-order valence-electron chi connectivity index (χ3n) is 3.50. The highest BCUT2D eigenvalue weighted by molar-refractivity contribution is 5.31. The summed E-state index contributed by atoms with van der Waals surface area (Å²) in [6, 6.07) is 20.1. The summed E-state index contributed by atoms with van der Waals surface area (Å²) in [5.41, 5.74) is 10.2. The first-order chi connectivity index (χ1) is 9.18. The Kier molecular flexibility index (Phi) is 4.75. The molecule has 2 aromatic carbocycles. The molecule has 99 valence electrons. The Morgan fingerprint density at radius 2 is 1.79 bits per heavy atom. The molecule has 1 nitrogen and oxygen atoms in total. The number of benzene rings is 2. The molecule has 0 bridgehead atoms. The molecule has 0 spiro atoms. The van der Waals surface area contributed by atoms with E-state index in [1.165, 1.54) is 16.7 Å². The van der Waals surface area contributed by atoms with Crippen LogP contribution in [0.2, 0.25) is 0 Å². The van der Waals surface area contributed by atoms with Crippen molar-refractivity contribution in [2.24, 2.45) is 5.73 Å². The van der Waals surface area contributed by atoms with E-state index >= 15 is 0 Å². The van der Waals surface area contributed by atoms with Crippen LogP contribution in [-0.4, -0.2) is 0 Å². The van der Waals surface area contributed by atoms with Crippen LogP contribution >= 0.6 is 0 Å². The van der Waals surface area contributed by atoms with Gasteiger partial charge in [-0.2, -0.15) is 0 Å². The average molecular weight is 252 g/mol. The lowest BCUT2D eigenvalue weighted by Gasteiger charge is -2.18. The molecule has 0 aliphatic heterocycles. The molecule has 2 aromatic rings. The van der Waals surface area contributed by atoms with E-state index in [1.807, 2.05) is 18.2 Å². The van der Waals surface area contributed by atoms with Crippen molar-refractivity contribution in [1.82, 2.24) is 0 Å². The maximum absolute atomic E-state index is 6.35. The van der Waals surface area contributed by atoms with Gasteiger partial charge in [-0.25, -0.2) is 0 Å². The minimum atomic E-state index is 0.0683. The van der Waals surface area contributed by atoms with Gasteiger partial charge in [-0.15, -0.1) is 0 Å². The fourth-order valence-electron chi connectivity index (χ4n) is 2.40. The number of rotatable bonds is 5. The van der Waals surface area contributed by atoms with E-state index in [0.29, 0.717) is 5.92 Å². The van der Waals surface area contributed by atoms with Gasteiger partial charge in [-0.05, 0) is 41.5 Å². The van der Waals surface area contributed by atoms with E-state index in [1.54, 1.807) is 0 Å². The molecule has 2 rings (SSSR count). The lowest BCUT2D eigenvalue weighted by molar-refractivity contribution is 0.637. The maximum Gasteiger partial charge on any atom is 0.0307 e. The van der Waals surface area contributed by atoms with Gasteiger partial charge < -0.3 is 5.73 Å². The number of hydrogen-bond acceptors (Lipinski definition) is 1. The second-order valence-electron chi connectivity index (χ2n) is 5.32. The highest BCUT2D eigenvalue weighted by atomic mass is 14.6. The van der Waals surface area contributed by atoms with Gasteiger partial charge in [0.15, 0.2) is 0 Å². The van der Waals surface area contributed by atoms with Crippen LogP contribution in [0.3, 0.4) is 0 Å². The molecule has 0 aliphatic rings. The van der Waals surface area contributed by atoms with Gasteiger partial charge >= 0.3 is 0 Å². The zero-order chi connectivity index (χ0) is 13.7. The Labute approximate surface area is 116 Å². The van der Waals surface area contributed by atoms with Gasteiger partial charge in [0.05, 0.1) is 0 Å². The fourth-order valence-corrected chi connectivity index (χ4v) is 2.40. The second kappa shape index (κ2) is 6.53. The molecule has 1 radical (unpaired) electrons. The summed E-state index contributed by atoms with van der Waals surface area (Å²) >= 11 is 0. The van der Waals surface area contributed by atoms with E-state index in [0.717, 1.165) is 12.8 Å². The number of hydrogen-bond donors (Lipinski definition) is 1. The van der Waals surface area contributed by atoms with Crippen molar-refractivity contribution < 1.29 is 0 Å². The van der Waals surface area contributed by atoms with Gasteiger partial charge in [0.1, 0.15) is 0 Å². The zero-order valence-electron chi connectivity index (χ0n) is 11.8. The topological polar surface area (TPSA) is 26.0 Å². The molecular weight excluding hydrogens is 230 g/mol. The summed E-state index contributed by atoms with van der Waals surface area (Å²) in [6.45, 7) is 4.41. The van der Waals surface area contributed by atoms with Crippen LogP contribution in [0.25, 0.3) is 0 Å². The van der Waals surface area contributed by atoms with Crippen LogP contribution in [0.5, 0.6) is 0 Å². The molecule has 0 heterocycles. The molecule has 0 amide bonds.